The van der Waals surface area contributed by atoms with Crippen molar-refractivity contribution in [3.8, 4) is 0 Å². The fourth-order valence-corrected chi connectivity index (χ4v) is 5.19. The van der Waals surface area contributed by atoms with Gasteiger partial charge in [0.1, 0.15) is 17.0 Å². The molecule has 2 aromatic heterocycles. The van der Waals surface area contributed by atoms with Crippen LogP contribution < -0.4 is 10.0 Å². The van der Waals surface area contributed by atoms with Crippen LogP contribution in [0.1, 0.15) is 24.0 Å². The standard InChI is InChI=1S/C19H23ClN6O2S/c1-14-11-17(20)26-18(14)19(22-13-23-26)24-9-7-16(8-10-24)25(29(21,27)28)12-15-5-3-2-4-6-15/h2-6,11,13,16H,7-10,12H2,1H3,(H2,21,27,28). The minimum Gasteiger partial charge on any atom is -0.355 e. The topological polar surface area (TPSA) is 96.8 Å². The monoisotopic (exact) mass is 434 g/mol. The van der Waals surface area contributed by atoms with Gasteiger partial charge in [-0.15, -0.1) is 0 Å². The zero-order chi connectivity index (χ0) is 20.6. The lowest BCUT2D eigenvalue weighted by Crippen LogP contribution is -2.49. The van der Waals surface area contributed by atoms with Crippen molar-refractivity contribution >= 4 is 33.1 Å². The van der Waals surface area contributed by atoms with Crippen molar-refractivity contribution in [2.24, 2.45) is 5.14 Å². The number of aromatic nitrogens is 3. The first kappa shape index (κ1) is 20.1. The van der Waals surface area contributed by atoms with E-state index in [1.807, 2.05) is 43.3 Å². The average molecular weight is 435 g/mol. The number of hydrogen-bond acceptors (Lipinski definition) is 5. The molecule has 0 unspecified atom stereocenters. The van der Waals surface area contributed by atoms with E-state index in [-0.39, 0.29) is 12.6 Å². The number of hydrogen-bond donors (Lipinski definition) is 1. The summed E-state index contributed by atoms with van der Waals surface area (Å²) in [5, 5.41) is 10.3. The van der Waals surface area contributed by atoms with E-state index in [0.29, 0.717) is 31.1 Å². The summed E-state index contributed by atoms with van der Waals surface area (Å²) in [7, 11) is -3.82. The number of piperidine rings is 1. The van der Waals surface area contributed by atoms with E-state index < -0.39 is 10.2 Å². The maximum atomic E-state index is 12.3. The normalized spacial score (nSPS) is 16.1. The van der Waals surface area contributed by atoms with Gasteiger partial charge in [0.15, 0.2) is 5.82 Å². The number of nitrogens with zero attached hydrogens (tertiary/aromatic N) is 5. The van der Waals surface area contributed by atoms with Gasteiger partial charge in [-0.1, -0.05) is 41.9 Å². The lowest BCUT2D eigenvalue weighted by atomic mass is 10.0. The van der Waals surface area contributed by atoms with Crippen molar-refractivity contribution in [3.63, 3.8) is 0 Å². The van der Waals surface area contributed by atoms with Gasteiger partial charge in [-0.2, -0.15) is 17.8 Å². The summed E-state index contributed by atoms with van der Waals surface area (Å²) >= 11 is 6.25. The van der Waals surface area contributed by atoms with E-state index in [1.165, 1.54) is 10.6 Å². The Morgan fingerprint density at radius 3 is 2.59 bits per heavy atom. The van der Waals surface area contributed by atoms with Crippen LogP contribution >= 0.6 is 11.6 Å². The second-order valence-corrected chi connectivity index (χ2v) is 9.17. The molecule has 0 bridgehead atoms. The number of nitrogens with two attached hydrogens (primary N) is 1. The summed E-state index contributed by atoms with van der Waals surface area (Å²) in [4.78, 5) is 6.62. The zero-order valence-corrected chi connectivity index (χ0v) is 17.6. The number of fused-ring (bicyclic) bond motifs is 1. The zero-order valence-electron chi connectivity index (χ0n) is 16.1. The van der Waals surface area contributed by atoms with Gasteiger partial charge in [0.25, 0.3) is 10.2 Å². The maximum absolute atomic E-state index is 12.3. The molecule has 1 saturated heterocycles. The van der Waals surface area contributed by atoms with Gasteiger partial charge in [-0.05, 0) is 37.0 Å². The summed E-state index contributed by atoms with van der Waals surface area (Å²) in [5.41, 5.74) is 2.80. The Morgan fingerprint density at radius 2 is 1.93 bits per heavy atom. The molecule has 2 N–H and O–H groups in total. The van der Waals surface area contributed by atoms with Gasteiger partial charge in [-0.25, -0.2) is 14.6 Å². The highest BCUT2D eigenvalue weighted by atomic mass is 35.5. The van der Waals surface area contributed by atoms with Crippen LogP contribution in [0.15, 0.2) is 42.7 Å². The summed E-state index contributed by atoms with van der Waals surface area (Å²) in [6, 6.07) is 11.2. The molecular formula is C19H23ClN6O2S. The van der Waals surface area contributed by atoms with E-state index in [4.69, 9.17) is 16.7 Å². The molecule has 0 radical (unpaired) electrons. The third-order valence-corrected chi connectivity index (χ3v) is 6.71. The summed E-state index contributed by atoms with van der Waals surface area (Å²) in [5.74, 6) is 0.813. The molecule has 154 valence electrons. The van der Waals surface area contributed by atoms with Crippen LogP contribution in [0.4, 0.5) is 5.82 Å². The Labute approximate surface area is 175 Å². The molecule has 0 amide bonds. The first-order valence-corrected chi connectivity index (χ1v) is 11.3. The first-order chi connectivity index (χ1) is 13.8. The van der Waals surface area contributed by atoms with Crippen LogP contribution in [0.3, 0.4) is 0 Å². The predicted octanol–water partition coefficient (Wildman–Crippen LogP) is 2.37. The Morgan fingerprint density at radius 1 is 1.24 bits per heavy atom. The molecule has 10 heteroatoms. The fraction of sp³-hybridized carbons (Fsp3) is 0.368. The quantitative estimate of drug-likeness (QED) is 0.664. The van der Waals surface area contributed by atoms with Crippen molar-refractivity contribution in [2.75, 3.05) is 18.0 Å². The van der Waals surface area contributed by atoms with Crippen molar-refractivity contribution in [1.82, 2.24) is 18.9 Å². The summed E-state index contributed by atoms with van der Waals surface area (Å²) < 4.78 is 27.6. The van der Waals surface area contributed by atoms with Crippen molar-refractivity contribution in [2.45, 2.75) is 32.4 Å². The minimum atomic E-state index is -3.82. The van der Waals surface area contributed by atoms with E-state index in [1.54, 1.807) is 4.52 Å². The Balaban J connectivity index is 1.54. The molecule has 0 spiro atoms. The molecule has 29 heavy (non-hydrogen) atoms. The van der Waals surface area contributed by atoms with E-state index in [2.05, 4.69) is 15.0 Å². The molecule has 8 nitrogen and oxygen atoms in total. The van der Waals surface area contributed by atoms with Gasteiger partial charge in [0.05, 0.1) is 0 Å². The van der Waals surface area contributed by atoms with E-state index in [9.17, 15) is 8.42 Å². The summed E-state index contributed by atoms with van der Waals surface area (Å²) in [6.45, 7) is 3.58. The molecule has 4 rings (SSSR count). The molecular weight excluding hydrogens is 412 g/mol. The highest BCUT2D eigenvalue weighted by Crippen LogP contribution is 2.30. The smallest absolute Gasteiger partial charge is 0.277 e. The fourth-order valence-electron chi connectivity index (χ4n) is 3.95. The van der Waals surface area contributed by atoms with E-state index >= 15 is 0 Å². The molecule has 1 fully saturated rings. The number of rotatable bonds is 5. The largest absolute Gasteiger partial charge is 0.355 e. The molecule has 1 aliphatic heterocycles. The maximum Gasteiger partial charge on any atom is 0.277 e. The number of anilines is 1. The van der Waals surface area contributed by atoms with Crippen LogP contribution in [0.2, 0.25) is 5.15 Å². The second-order valence-electron chi connectivity index (χ2n) is 7.29. The number of benzene rings is 1. The van der Waals surface area contributed by atoms with Gasteiger partial charge in [0.2, 0.25) is 0 Å². The van der Waals surface area contributed by atoms with Gasteiger partial charge < -0.3 is 4.90 Å². The lowest BCUT2D eigenvalue weighted by Gasteiger charge is -2.37. The van der Waals surface area contributed by atoms with Crippen molar-refractivity contribution in [3.05, 3.63) is 59.0 Å². The molecule has 1 aliphatic rings. The van der Waals surface area contributed by atoms with Crippen LogP contribution in [0.25, 0.3) is 5.52 Å². The van der Waals surface area contributed by atoms with Crippen LogP contribution in [-0.4, -0.2) is 46.5 Å². The van der Waals surface area contributed by atoms with Crippen molar-refractivity contribution in [1.29, 1.82) is 0 Å². The SMILES string of the molecule is Cc1cc(Cl)n2ncnc(N3CCC(N(Cc4ccccc4)S(N)(=O)=O)CC3)c12. The average Bonchev–Trinajstić information content (AvgIpc) is 3.00. The third kappa shape index (κ3) is 4.09. The second kappa shape index (κ2) is 7.91. The Bertz CT molecular complexity index is 1110. The third-order valence-electron chi connectivity index (χ3n) is 5.36. The number of aryl methyl sites for hydroxylation is 1. The van der Waals surface area contributed by atoms with E-state index in [0.717, 1.165) is 22.5 Å². The Kier molecular flexibility index (Phi) is 5.48. The Hall–Kier alpha value is -2.20. The minimum absolute atomic E-state index is 0.157. The molecule has 1 aromatic carbocycles. The van der Waals surface area contributed by atoms with Gasteiger partial charge in [0, 0.05) is 25.7 Å². The molecule has 0 aliphatic carbocycles. The number of halogens is 1. The summed E-state index contributed by atoms with van der Waals surface area (Å²) in [6.07, 6.45) is 2.81. The van der Waals surface area contributed by atoms with Crippen LogP contribution in [0.5, 0.6) is 0 Å². The highest BCUT2D eigenvalue weighted by Gasteiger charge is 2.32. The van der Waals surface area contributed by atoms with Gasteiger partial charge >= 0.3 is 0 Å². The molecule has 3 heterocycles. The highest BCUT2D eigenvalue weighted by molar-refractivity contribution is 7.86. The van der Waals surface area contributed by atoms with Gasteiger partial charge in [-0.3, -0.25) is 0 Å². The first-order valence-electron chi connectivity index (χ1n) is 9.42. The predicted molar refractivity (Wildman–Crippen MR) is 113 cm³/mol. The van der Waals surface area contributed by atoms with Crippen molar-refractivity contribution < 1.29 is 8.42 Å². The molecule has 3 aromatic rings. The van der Waals surface area contributed by atoms with Crippen LogP contribution in [-0.2, 0) is 16.8 Å². The van der Waals surface area contributed by atoms with Crippen LogP contribution in [0, 0.1) is 6.92 Å². The molecule has 0 saturated carbocycles. The lowest BCUT2D eigenvalue weighted by molar-refractivity contribution is 0.268. The molecule has 0 atom stereocenters.